The molecule has 2 atom stereocenters. The van der Waals surface area contributed by atoms with Crippen LogP contribution < -0.4 is 4.74 Å². The number of carbonyl (C=O) groups excluding carboxylic acids is 1. The number of aromatic amines is 1. The van der Waals surface area contributed by atoms with E-state index in [0.29, 0.717) is 30.5 Å². The van der Waals surface area contributed by atoms with E-state index < -0.39 is 0 Å². The monoisotopic (exact) mass is 426 g/mol. The molecule has 1 saturated heterocycles. The van der Waals surface area contributed by atoms with Gasteiger partial charge in [0, 0.05) is 40.7 Å². The number of nitrogens with one attached hydrogen (secondary N) is 2. The van der Waals surface area contributed by atoms with Crippen LogP contribution in [0.5, 0.6) is 5.75 Å². The lowest BCUT2D eigenvalue weighted by Gasteiger charge is -2.30. The number of likely N-dealkylation sites (tertiary alicyclic amines) is 1. The van der Waals surface area contributed by atoms with Crippen molar-refractivity contribution in [3.8, 4) is 5.75 Å². The number of piperidine rings is 1. The summed E-state index contributed by atoms with van der Waals surface area (Å²) >= 11 is 0. The minimum absolute atomic E-state index is 0.0266. The third-order valence-electron chi connectivity index (χ3n) is 7.11. The van der Waals surface area contributed by atoms with Crippen LogP contribution in [0.2, 0.25) is 0 Å². The average molecular weight is 427 g/mol. The lowest BCUT2D eigenvalue weighted by Crippen LogP contribution is -2.33. The zero-order valence-electron chi connectivity index (χ0n) is 18.3. The smallest absolute Gasteiger partial charge is 0.274 e. The van der Waals surface area contributed by atoms with E-state index in [1.165, 1.54) is 5.56 Å². The molecule has 3 aromatic rings. The van der Waals surface area contributed by atoms with Crippen molar-refractivity contribution in [1.82, 2.24) is 14.8 Å². The molecule has 2 N–H and O–H groups in total. The van der Waals surface area contributed by atoms with Crippen LogP contribution in [0.4, 0.5) is 0 Å². The third kappa shape index (κ3) is 2.76. The highest BCUT2D eigenvalue weighted by molar-refractivity contribution is 6.11. The van der Waals surface area contributed by atoms with E-state index in [1.807, 2.05) is 67.5 Å². The summed E-state index contributed by atoms with van der Waals surface area (Å²) in [7, 11) is 4.04. The Kier molecular flexibility index (Phi) is 4.11. The molecule has 0 bridgehead atoms. The van der Waals surface area contributed by atoms with E-state index in [2.05, 4.69) is 16.0 Å². The minimum atomic E-state index is -0.0870. The first-order valence-corrected chi connectivity index (χ1v) is 11.1. The largest absolute Gasteiger partial charge is 0.492 e. The third-order valence-corrected chi connectivity index (χ3v) is 7.11. The van der Waals surface area contributed by atoms with Crippen LogP contribution in [0, 0.1) is 11.3 Å². The highest BCUT2D eigenvalue weighted by Crippen LogP contribution is 2.66. The van der Waals surface area contributed by atoms with E-state index in [4.69, 9.17) is 10.1 Å². The highest BCUT2D eigenvalue weighted by Gasteiger charge is 2.66. The standard InChI is InChI=1S/C26H26N4O2/c1-29(2)9-10-32-18-7-8-22-16(11-18)12-23(28-22)25(31)30-15-17-14-26(17)20-6-4-3-5-19(20)21(27)13-24(26)30/h3-8,11-13,17,27-28H,9-10,14-15H2,1-2H3. The van der Waals surface area contributed by atoms with Gasteiger partial charge in [-0.25, -0.2) is 0 Å². The van der Waals surface area contributed by atoms with E-state index in [9.17, 15) is 4.79 Å². The van der Waals surface area contributed by atoms with Gasteiger partial charge in [-0.05, 0) is 62.3 Å². The number of hydrogen-bond donors (Lipinski definition) is 2. The Labute approximate surface area is 187 Å². The molecule has 2 aromatic carbocycles. The lowest BCUT2D eigenvalue weighted by atomic mass is 9.81. The molecule has 6 rings (SSSR count). The number of nitrogens with zero attached hydrogens (tertiary/aromatic N) is 2. The van der Waals surface area contributed by atoms with E-state index in [-0.39, 0.29) is 11.3 Å². The lowest BCUT2D eigenvalue weighted by molar-refractivity contribution is 0.0808. The van der Waals surface area contributed by atoms with Gasteiger partial charge in [-0.15, -0.1) is 0 Å². The Balaban J connectivity index is 1.28. The maximum absolute atomic E-state index is 13.5. The number of ether oxygens (including phenoxy) is 1. The van der Waals surface area contributed by atoms with Crippen molar-refractivity contribution in [2.24, 2.45) is 5.92 Å². The number of hydrogen-bond acceptors (Lipinski definition) is 4. The van der Waals surface area contributed by atoms with E-state index in [0.717, 1.165) is 40.9 Å². The normalized spacial score (nSPS) is 23.1. The number of fused-ring (bicyclic) bond motifs is 2. The number of aromatic nitrogens is 1. The quantitative estimate of drug-likeness (QED) is 0.652. The average Bonchev–Trinajstić information content (AvgIpc) is 3.17. The first-order valence-electron chi connectivity index (χ1n) is 11.1. The fraction of sp³-hybridized carbons (Fsp3) is 0.308. The molecule has 0 radical (unpaired) electrons. The molecule has 1 aliphatic heterocycles. The topological polar surface area (TPSA) is 72.4 Å². The summed E-state index contributed by atoms with van der Waals surface area (Å²) in [5.41, 5.74) is 5.09. The minimum Gasteiger partial charge on any atom is -0.492 e. The van der Waals surface area contributed by atoms with Crippen molar-refractivity contribution in [3.63, 3.8) is 0 Å². The number of rotatable bonds is 5. The van der Waals surface area contributed by atoms with Crippen molar-refractivity contribution >= 4 is 22.5 Å². The first-order chi connectivity index (χ1) is 15.5. The number of carbonyl (C=O) groups is 1. The van der Waals surface area contributed by atoms with Crippen LogP contribution in [0.25, 0.3) is 10.9 Å². The number of H-pyrrole nitrogens is 1. The summed E-state index contributed by atoms with van der Waals surface area (Å²) in [5.74, 6) is 1.22. The van der Waals surface area contributed by atoms with Crippen molar-refractivity contribution in [3.05, 3.63) is 77.1 Å². The van der Waals surface area contributed by atoms with Crippen molar-refractivity contribution < 1.29 is 9.53 Å². The summed E-state index contributed by atoms with van der Waals surface area (Å²) in [4.78, 5) is 20.8. The molecular weight excluding hydrogens is 400 g/mol. The Morgan fingerprint density at radius 2 is 2.09 bits per heavy atom. The molecular formula is C26H26N4O2. The SMILES string of the molecule is CN(C)CCOc1ccc2[nH]c(C(=O)N3CC4CC45C3=CC(=N)c3ccccc35)cc2c1. The van der Waals surface area contributed by atoms with Crippen molar-refractivity contribution in [2.45, 2.75) is 11.8 Å². The van der Waals surface area contributed by atoms with Gasteiger partial charge in [-0.3, -0.25) is 4.79 Å². The number of benzene rings is 2. The number of amides is 1. The van der Waals surface area contributed by atoms with Gasteiger partial charge in [0.15, 0.2) is 0 Å². The Morgan fingerprint density at radius 1 is 1.25 bits per heavy atom. The second kappa shape index (κ2) is 6.81. The molecule has 1 aromatic heterocycles. The molecule has 3 aliphatic rings. The zero-order valence-corrected chi connectivity index (χ0v) is 18.3. The maximum atomic E-state index is 13.5. The van der Waals surface area contributed by atoms with Gasteiger partial charge >= 0.3 is 0 Å². The van der Waals surface area contributed by atoms with E-state index in [1.54, 1.807) is 0 Å². The van der Waals surface area contributed by atoms with Gasteiger partial charge in [0.1, 0.15) is 18.1 Å². The van der Waals surface area contributed by atoms with Crippen LogP contribution in [0.3, 0.4) is 0 Å². The fourth-order valence-corrected chi connectivity index (χ4v) is 5.42. The molecule has 1 amide bonds. The molecule has 2 unspecified atom stereocenters. The van der Waals surface area contributed by atoms with Crippen LogP contribution >= 0.6 is 0 Å². The molecule has 162 valence electrons. The van der Waals surface area contributed by atoms with E-state index >= 15 is 0 Å². The Morgan fingerprint density at radius 3 is 2.94 bits per heavy atom. The summed E-state index contributed by atoms with van der Waals surface area (Å²) in [6.07, 6.45) is 2.97. The van der Waals surface area contributed by atoms with Crippen LogP contribution in [0.15, 0.2) is 60.3 Å². The molecule has 1 spiro atoms. The predicted molar refractivity (Wildman–Crippen MR) is 125 cm³/mol. The predicted octanol–water partition coefficient (Wildman–Crippen LogP) is 3.79. The molecule has 2 fully saturated rings. The summed E-state index contributed by atoms with van der Waals surface area (Å²) in [6, 6.07) is 16.0. The van der Waals surface area contributed by atoms with Crippen molar-refractivity contribution in [2.75, 3.05) is 33.8 Å². The highest BCUT2D eigenvalue weighted by atomic mass is 16.5. The molecule has 2 heterocycles. The van der Waals surface area contributed by atoms with Gasteiger partial charge in [0.25, 0.3) is 5.91 Å². The molecule has 6 nitrogen and oxygen atoms in total. The molecule has 32 heavy (non-hydrogen) atoms. The van der Waals surface area contributed by atoms with Gasteiger partial charge in [0.2, 0.25) is 0 Å². The van der Waals surface area contributed by atoms with Gasteiger partial charge < -0.3 is 24.9 Å². The number of likely N-dealkylation sites (N-methyl/N-ethyl adjacent to an activating group) is 1. The molecule has 6 heteroatoms. The zero-order chi connectivity index (χ0) is 22.0. The summed E-state index contributed by atoms with van der Waals surface area (Å²) in [5, 5.41) is 9.48. The maximum Gasteiger partial charge on any atom is 0.274 e. The Hall–Kier alpha value is -3.38. The Bertz CT molecular complexity index is 1300. The van der Waals surface area contributed by atoms with Crippen LogP contribution in [-0.2, 0) is 5.41 Å². The van der Waals surface area contributed by atoms with Gasteiger partial charge in [0.05, 0.1) is 5.71 Å². The summed E-state index contributed by atoms with van der Waals surface area (Å²) < 4.78 is 5.85. The summed E-state index contributed by atoms with van der Waals surface area (Å²) in [6.45, 7) is 2.17. The number of allylic oxidation sites excluding steroid dienone is 2. The molecule has 2 aliphatic carbocycles. The second-order valence-electron chi connectivity index (χ2n) is 9.36. The van der Waals surface area contributed by atoms with Crippen LogP contribution in [-0.4, -0.2) is 60.2 Å². The fourth-order valence-electron chi connectivity index (χ4n) is 5.42. The van der Waals surface area contributed by atoms with Crippen LogP contribution in [0.1, 0.15) is 28.0 Å². The van der Waals surface area contributed by atoms with Gasteiger partial charge in [-0.1, -0.05) is 24.3 Å². The molecule has 1 saturated carbocycles. The van der Waals surface area contributed by atoms with Crippen molar-refractivity contribution in [1.29, 1.82) is 5.41 Å². The second-order valence-corrected chi connectivity index (χ2v) is 9.36. The van der Waals surface area contributed by atoms with Gasteiger partial charge in [-0.2, -0.15) is 0 Å². The first kappa shape index (κ1) is 19.3.